The van der Waals surface area contributed by atoms with Crippen molar-refractivity contribution >= 4 is 23.0 Å². The Kier molecular flexibility index (Phi) is 5.61. The summed E-state index contributed by atoms with van der Waals surface area (Å²) in [6.45, 7) is 6.89. The topological polar surface area (TPSA) is 27.3 Å². The van der Waals surface area contributed by atoms with Crippen molar-refractivity contribution in [2.75, 3.05) is 31.5 Å². The van der Waals surface area contributed by atoms with E-state index in [4.69, 9.17) is 12.2 Å². The molecule has 1 atom stereocenters. The third-order valence-corrected chi connectivity index (χ3v) is 3.66. The van der Waals surface area contributed by atoms with Gasteiger partial charge in [0.05, 0.1) is 0 Å². The van der Waals surface area contributed by atoms with Gasteiger partial charge in [0, 0.05) is 18.8 Å². The second-order valence-electron chi connectivity index (χ2n) is 5.31. The first-order valence-corrected chi connectivity index (χ1v) is 7.47. The number of para-hydroxylation sites is 1. The molecule has 1 aromatic rings. The first-order valence-electron chi connectivity index (χ1n) is 7.06. The molecule has 1 saturated heterocycles. The van der Waals surface area contributed by atoms with E-state index in [-0.39, 0.29) is 0 Å². The van der Waals surface area contributed by atoms with Gasteiger partial charge in [0.2, 0.25) is 0 Å². The third-order valence-electron chi connectivity index (χ3n) is 3.41. The third kappa shape index (κ3) is 5.17. The minimum Gasteiger partial charge on any atom is -0.362 e. The molecule has 0 aliphatic carbocycles. The summed E-state index contributed by atoms with van der Waals surface area (Å²) in [5, 5.41) is 7.20. The van der Waals surface area contributed by atoms with Gasteiger partial charge >= 0.3 is 0 Å². The molecule has 0 radical (unpaired) electrons. The van der Waals surface area contributed by atoms with Crippen molar-refractivity contribution in [3.8, 4) is 0 Å². The number of nitrogens with one attached hydrogen (secondary N) is 2. The molecule has 4 heteroatoms. The number of thiocarbonyl (C=S) groups is 1. The van der Waals surface area contributed by atoms with Gasteiger partial charge in [-0.1, -0.05) is 25.1 Å². The van der Waals surface area contributed by atoms with E-state index in [0.717, 1.165) is 12.2 Å². The average Bonchev–Trinajstić information content (AvgIpc) is 2.90. The fourth-order valence-electron chi connectivity index (χ4n) is 2.43. The average molecular weight is 277 g/mol. The number of benzene rings is 1. The maximum absolute atomic E-state index is 5.30. The fraction of sp³-hybridized carbons (Fsp3) is 0.533. The van der Waals surface area contributed by atoms with Gasteiger partial charge < -0.3 is 15.5 Å². The number of hydrogen-bond donors (Lipinski definition) is 2. The van der Waals surface area contributed by atoms with Crippen molar-refractivity contribution in [3.63, 3.8) is 0 Å². The predicted octanol–water partition coefficient (Wildman–Crippen LogP) is 2.70. The van der Waals surface area contributed by atoms with Crippen LogP contribution in [0.2, 0.25) is 0 Å². The molecule has 104 valence electrons. The van der Waals surface area contributed by atoms with Crippen molar-refractivity contribution in [2.24, 2.45) is 5.92 Å². The SMILES string of the molecule is CC(CNC(=S)Nc1ccccc1)CN1CCCC1. The minimum absolute atomic E-state index is 0.619. The molecule has 1 aromatic carbocycles. The summed E-state index contributed by atoms with van der Waals surface area (Å²) >= 11 is 5.30. The molecule has 0 bridgehead atoms. The molecule has 2 rings (SSSR count). The molecule has 3 nitrogen and oxygen atoms in total. The lowest BCUT2D eigenvalue weighted by molar-refractivity contribution is 0.288. The van der Waals surface area contributed by atoms with Crippen LogP contribution < -0.4 is 10.6 Å². The van der Waals surface area contributed by atoms with E-state index < -0.39 is 0 Å². The zero-order valence-electron chi connectivity index (χ0n) is 11.6. The van der Waals surface area contributed by atoms with Crippen LogP contribution in [0.1, 0.15) is 19.8 Å². The van der Waals surface area contributed by atoms with Crippen LogP contribution >= 0.6 is 12.2 Å². The molecule has 1 aliphatic rings. The van der Waals surface area contributed by atoms with E-state index in [0.29, 0.717) is 11.0 Å². The van der Waals surface area contributed by atoms with E-state index in [9.17, 15) is 0 Å². The number of hydrogen-bond acceptors (Lipinski definition) is 2. The Labute approximate surface area is 121 Å². The van der Waals surface area contributed by atoms with Crippen molar-refractivity contribution in [1.82, 2.24) is 10.2 Å². The molecular formula is C15H23N3S. The number of likely N-dealkylation sites (tertiary alicyclic amines) is 1. The largest absolute Gasteiger partial charge is 0.362 e. The zero-order chi connectivity index (χ0) is 13.5. The van der Waals surface area contributed by atoms with E-state index in [2.05, 4.69) is 22.5 Å². The molecule has 19 heavy (non-hydrogen) atoms. The first kappa shape index (κ1) is 14.3. The van der Waals surface area contributed by atoms with Gasteiger partial charge in [-0.2, -0.15) is 0 Å². The summed E-state index contributed by atoms with van der Waals surface area (Å²) in [6, 6.07) is 10.0. The normalized spacial score (nSPS) is 17.1. The van der Waals surface area contributed by atoms with Crippen molar-refractivity contribution in [3.05, 3.63) is 30.3 Å². The smallest absolute Gasteiger partial charge is 0.170 e. The molecule has 1 heterocycles. The summed E-state index contributed by atoms with van der Waals surface area (Å²) < 4.78 is 0. The summed E-state index contributed by atoms with van der Waals surface area (Å²) in [5.41, 5.74) is 1.03. The Morgan fingerprint density at radius 3 is 2.63 bits per heavy atom. The molecule has 0 amide bonds. The monoisotopic (exact) mass is 277 g/mol. The fourth-order valence-corrected chi connectivity index (χ4v) is 2.64. The van der Waals surface area contributed by atoms with Gasteiger partial charge in [0.25, 0.3) is 0 Å². The molecule has 0 saturated carbocycles. The Hall–Kier alpha value is -1.13. The molecule has 0 aromatic heterocycles. The van der Waals surface area contributed by atoms with Gasteiger partial charge in [0.15, 0.2) is 5.11 Å². The molecule has 0 spiro atoms. The van der Waals surface area contributed by atoms with Crippen LogP contribution in [0.3, 0.4) is 0 Å². The van der Waals surface area contributed by atoms with Crippen LogP contribution in [0.4, 0.5) is 5.69 Å². The number of anilines is 1. The highest BCUT2D eigenvalue weighted by atomic mass is 32.1. The highest BCUT2D eigenvalue weighted by Gasteiger charge is 2.14. The summed E-state index contributed by atoms with van der Waals surface area (Å²) in [7, 11) is 0. The molecule has 1 unspecified atom stereocenters. The van der Waals surface area contributed by atoms with Crippen molar-refractivity contribution in [2.45, 2.75) is 19.8 Å². The highest BCUT2D eigenvalue weighted by Crippen LogP contribution is 2.10. The maximum Gasteiger partial charge on any atom is 0.170 e. The number of rotatable bonds is 5. The standard InChI is InChI=1S/C15H23N3S/c1-13(12-18-9-5-6-10-18)11-16-15(19)17-14-7-3-2-4-8-14/h2-4,7-8,13H,5-6,9-12H2,1H3,(H2,16,17,19). The van der Waals surface area contributed by atoms with Gasteiger partial charge in [0.1, 0.15) is 0 Å². The lowest BCUT2D eigenvalue weighted by atomic mass is 10.1. The zero-order valence-corrected chi connectivity index (χ0v) is 12.4. The van der Waals surface area contributed by atoms with E-state index in [1.54, 1.807) is 0 Å². The molecule has 1 aliphatic heterocycles. The molecule has 1 fully saturated rings. The van der Waals surface area contributed by atoms with Crippen LogP contribution in [0.5, 0.6) is 0 Å². The van der Waals surface area contributed by atoms with E-state index >= 15 is 0 Å². The van der Waals surface area contributed by atoms with E-state index in [1.807, 2.05) is 30.3 Å². The lowest BCUT2D eigenvalue weighted by Crippen LogP contribution is -2.36. The minimum atomic E-state index is 0.619. The van der Waals surface area contributed by atoms with Crippen LogP contribution in [-0.2, 0) is 0 Å². The summed E-state index contributed by atoms with van der Waals surface area (Å²) in [6.07, 6.45) is 2.71. The first-order chi connectivity index (χ1) is 9.24. The maximum atomic E-state index is 5.30. The van der Waals surface area contributed by atoms with Gasteiger partial charge in [-0.25, -0.2) is 0 Å². The molecule has 2 N–H and O–H groups in total. The summed E-state index contributed by atoms with van der Waals surface area (Å²) in [5.74, 6) is 0.619. The second kappa shape index (κ2) is 7.46. The Morgan fingerprint density at radius 1 is 1.26 bits per heavy atom. The second-order valence-corrected chi connectivity index (χ2v) is 5.72. The van der Waals surface area contributed by atoms with Crippen LogP contribution in [0, 0.1) is 5.92 Å². The number of nitrogens with zero attached hydrogens (tertiary/aromatic N) is 1. The van der Waals surface area contributed by atoms with Gasteiger partial charge in [-0.05, 0) is 56.2 Å². The Morgan fingerprint density at radius 2 is 1.95 bits per heavy atom. The quantitative estimate of drug-likeness (QED) is 0.809. The van der Waals surface area contributed by atoms with E-state index in [1.165, 1.54) is 32.5 Å². The van der Waals surface area contributed by atoms with Gasteiger partial charge in [-0.3, -0.25) is 0 Å². The van der Waals surface area contributed by atoms with Crippen molar-refractivity contribution < 1.29 is 0 Å². The summed E-state index contributed by atoms with van der Waals surface area (Å²) in [4.78, 5) is 2.54. The lowest BCUT2D eigenvalue weighted by Gasteiger charge is -2.21. The van der Waals surface area contributed by atoms with Crippen LogP contribution in [0.15, 0.2) is 30.3 Å². The Balaban J connectivity index is 1.65. The van der Waals surface area contributed by atoms with Crippen LogP contribution in [0.25, 0.3) is 0 Å². The predicted molar refractivity (Wildman–Crippen MR) is 85.5 cm³/mol. The van der Waals surface area contributed by atoms with Gasteiger partial charge in [-0.15, -0.1) is 0 Å². The highest BCUT2D eigenvalue weighted by molar-refractivity contribution is 7.80. The molecular weight excluding hydrogens is 254 g/mol. The van der Waals surface area contributed by atoms with Crippen molar-refractivity contribution in [1.29, 1.82) is 0 Å². The Bertz CT molecular complexity index is 388. The van der Waals surface area contributed by atoms with Crippen LogP contribution in [-0.4, -0.2) is 36.2 Å².